The molecular weight excluding hydrogens is 226 g/mol. The van der Waals surface area contributed by atoms with Crippen molar-refractivity contribution in [3.05, 3.63) is 17.0 Å². The minimum Gasteiger partial charge on any atom is -0.392 e. The highest BCUT2D eigenvalue weighted by Gasteiger charge is 2.47. The second-order valence-electron chi connectivity index (χ2n) is 4.91. The standard InChI is InChI=1S/C11H16ClN3O/c1-6-9(12)13-5-14-10(6)15-7-4-8(16)11(7,2)3/h5,7-8,16H,4H2,1-3H3,(H,13,14,15). The van der Waals surface area contributed by atoms with Gasteiger partial charge >= 0.3 is 0 Å². The minimum atomic E-state index is -0.248. The first kappa shape index (κ1) is 11.6. The third kappa shape index (κ3) is 1.76. The van der Waals surface area contributed by atoms with Crippen LogP contribution < -0.4 is 5.32 Å². The second-order valence-corrected chi connectivity index (χ2v) is 5.27. The second kappa shape index (κ2) is 3.86. The third-order valence-corrected chi connectivity index (χ3v) is 3.93. The Labute approximate surface area is 100 Å². The molecule has 1 saturated carbocycles. The SMILES string of the molecule is Cc1c(Cl)ncnc1NC1CC(O)C1(C)C. The van der Waals surface area contributed by atoms with Crippen LogP contribution in [-0.4, -0.2) is 27.2 Å². The number of hydrogen-bond donors (Lipinski definition) is 2. The Morgan fingerprint density at radius 2 is 2.19 bits per heavy atom. The van der Waals surface area contributed by atoms with E-state index < -0.39 is 0 Å². The van der Waals surface area contributed by atoms with Crippen molar-refractivity contribution < 1.29 is 5.11 Å². The molecule has 0 spiro atoms. The molecule has 2 unspecified atom stereocenters. The van der Waals surface area contributed by atoms with Crippen molar-refractivity contribution in [1.82, 2.24) is 9.97 Å². The van der Waals surface area contributed by atoms with Crippen LogP contribution in [0.1, 0.15) is 25.8 Å². The Morgan fingerprint density at radius 1 is 1.50 bits per heavy atom. The summed E-state index contributed by atoms with van der Waals surface area (Å²) in [7, 11) is 0. The quantitative estimate of drug-likeness (QED) is 0.778. The highest BCUT2D eigenvalue weighted by atomic mass is 35.5. The normalized spacial score (nSPS) is 27.3. The van der Waals surface area contributed by atoms with Crippen LogP contribution in [0.5, 0.6) is 0 Å². The maximum atomic E-state index is 9.65. The molecule has 0 radical (unpaired) electrons. The fourth-order valence-electron chi connectivity index (χ4n) is 1.89. The summed E-state index contributed by atoms with van der Waals surface area (Å²) in [5.74, 6) is 0.755. The van der Waals surface area contributed by atoms with Gasteiger partial charge in [0.2, 0.25) is 0 Å². The highest BCUT2D eigenvalue weighted by molar-refractivity contribution is 6.30. The summed E-state index contributed by atoms with van der Waals surface area (Å²) < 4.78 is 0. The Hall–Kier alpha value is -0.870. The molecule has 16 heavy (non-hydrogen) atoms. The first-order chi connectivity index (χ1) is 7.43. The first-order valence-electron chi connectivity index (χ1n) is 5.34. The number of nitrogens with zero attached hydrogens (tertiary/aromatic N) is 2. The molecule has 2 N–H and O–H groups in total. The van der Waals surface area contributed by atoms with E-state index in [9.17, 15) is 5.11 Å². The number of anilines is 1. The number of nitrogens with one attached hydrogen (secondary N) is 1. The minimum absolute atomic E-state index is 0.121. The van der Waals surface area contributed by atoms with Crippen LogP contribution >= 0.6 is 11.6 Å². The van der Waals surface area contributed by atoms with Crippen molar-refractivity contribution in [3.8, 4) is 0 Å². The van der Waals surface area contributed by atoms with Gasteiger partial charge in [-0.25, -0.2) is 9.97 Å². The Morgan fingerprint density at radius 3 is 2.75 bits per heavy atom. The maximum Gasteiger partial charge on any atom is 0.137 e. The van der Waals surface area contributed by atoms with Crippen LogP contribution in [0, 0.1) is 12.3 Å². The monoisotopic (exact) mass is 241 g/mol. The number of halogens is 1. The Balaban J connectivity index is 2.14. The molecule has 0 bridgehead atoms. The molecule has 0 aromatic carbocycles. The van der Waals surface area contributed by atoms with E-state index in [1.807, 2.05) is 20.8 Å². The molecule has 1 aromatic rings. The number of hydrogen-bond acceptors (Lipinski definition) is 4. The number of rotatable bonds is 2. The van der Waals surface area contributed by atoms with Gasteiger partial charge in [0.15, 0.2) is 0 Å². The van der Waals surface area contributed by atoms with Crippen molar-refractivity contribution in [2.45, 2.75) is 39.3 Å². The molecule has 1 aliphatic rings. The number of aromatic nitrogens is 2. The van der Waals surface area contributed by atoms with E-state index in [2.05, 4.69) is 15.3 Å². The molecule has 1 aliphatic carbocycles. The maximum absolute atomic E-state index is 9.65. The predicted molar refractivity (Wildman–Crippen MR) is 63.6 cm³/mol. The summed E-state index contributed by atoms with van der Waals surface area (Å²) in [5, 5.41) is 13.4. The summed E-state index contributed by atoms with van der Waals surface area (Å²) in [6.07, 6.45) is 1.94. The van der Waals surface area contributed by atoms with Gasteiger partial charge in [0, 0.05) is 17.0 Å². The average molecular weight is 242 g/mol. The van der Waals surface area contributed by atoms with E-state index in [0.717, 1.165) is 17.8 Å². The van der Waals surface area contributed by atoms with E-state index >= 15 is 0 Å². The van der Waals surface area contributed by atoms with Crippen molar-refractivity contribution in [3.63, 3.8) is 0 Å². The van der Waals surface area contributed by atoms with Crippen LogP contribution in [0.3, 0.4) is 0 Å². The van der Waals surface area contributed by atoms with Crippen molar-refractivity contribution in [2.24, 2.45) is 5.41 Å². The van der Waals surface area contributed by atoms with Crippen LogP contribution in [0.4, 0.5) is 5.82 Å². The Kier molecular flexibility index (Phi) is 2.80. The lowest BCUT2D eigenvalue weighted by molar-refractivity contribution is -0.0511. The van der Waals surface area contributed by atoms with Crippen molar-refractivity contribution in [2.75, 3.05) is 5.32 Å². The molecule has 0 saturated heterocycles. The third-order valence-electron chi connectivity index (χ3n) is 3.55. The largest absolute Gasteiger partial charge is 0.392 e. The number of aliphatic hydroxyl groups excluding tert-OH is 1. The van der Waals surface area contributed by atoms with Crippen LogP contribution in [0.2, 0.25) is 5.15 Å². The number of aliphatic hydroxyl groups is 1. The fourth-order valence-corrected chi connectivity index (χ4v) is 2.02. The van der Waals surface area contributed by atoms with Gasteiger partial charge in [-0.1, -0.05) is 25.4 Å². The molecule has 2 rings (SSSR count). The molecule has 0 amide bonds. The molecule has 4 nitrogen and oxygen atoms in total. The zero-order chi connectivity index (χ0) is 11.9. The van der Waals surface area contributed by atoms with Gasteiger partial charge in [-0.05, 0) is 13.3 Å². The van der Waals surface area contributed by atoms with Crippen LogP contribution in [-0.2, 0) is 0 Å². The summed E-state index contributed by atoms with van der Waals surface area (Å²) in [4.78, 5) is 8.07. The van der Waals surface area contributed by atoms with Gasteiger partial charge in [-0.15, -0.1) is 0 Å². The van der Waals surface area contributed by atoms with Gasteiger partial charge < -0.3 is 10.4 Å². The van der Waals surface area contributed by atoms with Crippen LogP contribution in [0.15, 0.2) is 6.33 Å². The molecule has 1 heterocycles. The van der Waals surface area contributed by atoms with Gasteiger partial charge in [-0.2, -0.15) is 0 Å². The molecular formula is C11H16ClN3O. The predicted octanol–water partition coefficient (Wildman–Crippen LogP) is 2.01. The zero-order valence-corrected chi connectivity index (χ0v) is 10.4. The fraction of sp³-hybridized carbons (Fsp3) is 0.636. The summed E-state index contributed by atoms with van der Waals surface area (Å²) >= 11 is 5.92. The molecule has 88 valence electrons. The van der Waals surface area contributed by atoms with E-state index in [-0.39, 0.29) is 17.6 Å². The first-order valence-corrected chi connectivity index (χ1v) is 5.72. The lowest BCUT2D eigenvalue weighted by atomic mass is 9.64. The van der Waals surface area contributed by atoms with E-state index in [4.69, 9.17) is 11.6 Å². The van der Waals surface area contributed by atoms with E-state index in [1.54, 1.807) is 0 Å². The van der Waals surface area contributed by atoms with E-state index in [1.165, 1.54) is 6.33 Å². The smallest absolute Gasteiger partial charge is 0.137 e. The molecule has 1 aromatic heterocycles. The van der Waals surface area contributed by atoms with Crippen molar-refractivity contribution in [1.29, 1.82) is 0 Å². The lowest BCUT2D eigenvalue weighted by Gasteiger charge is -2.49. The molecule has 5 heteroatoms. The average Bonchev–Trinajstić information content (AvgIpc) is 2.24. The zero-order valence-electron chi connectivity index (χ0n) is 9.66. The van der Waals surface area contributed by atoms with Gasteiger partial charge in [0.05, 0.1) is 6.10 Å². The molecule has 0 aliphatic heterocycles. The summed E-state index contributed by atoms with van der Waals surface area (Å²) in [5.41, 5.74) is 0.727. The van der Waals surface area contributed by atoms with Crippen LogP contribution in [0.25, 0.3) is 0 Å². The topological polar surface area (TPSA) is 58.0 Å². The van der Waals surface area contributed by atoms with E-state index in [0.29, 0.717) is 5.15 Å². The van der Waals surface area contributed by atoms with Gasteiger partial charge in [0.25, 0.3) is 0 Å². The lowest BCUT2D eigenvalue weighted by Crippen LogP contribution is -2.57. The Bertz CT molecular complexity index is 408. The van der Waals surface area contributed by atoms with Crippen molar-refractivity contribution >= 4 is 17.4 Å². The molecule has 2 atom stereocenters. The van der Waals surface area contributed by atoms with Gasteiger partial charge in [-0.3, -0.25) is 0 Å². The molecule has 1 fully saturated rings. The summed E-state index contributed by atoms with van der Waals surface area (Å²) in [6.45, 7) is 5.96. The highest BCUT2D eigenvalue weighted by Crippen LogP contribution is 2.42. The summed E-state index contributed by atoms with van der Waals surface area (Å²) in [6, 6.07) is 0.229. The van der Waals surface area contributed by atoms with Gasteiger partial charge in [0.1, 0.15) is 17.3 Å².